The van der Waals surface area contributed by atoms with Gasteiger partial charge in [0.2, 0.25) is 5.88 Å². The van der Waals surface area contributed by atoms with Crippen molar-refractivity contribution < 1.29 is 4.74 Å². The second-order valence-corrected chi connectivity index (χ2v) is 8.52. The van der Waals surface area contributed by atoms with E-state index < -0.39 is 0 Å². The molecule has 1 saturated carbocycles. The fourth-order valence-electron chi connectivity index (χ4n) is 4.55. The summed E-state index contributed by atoms with van der Waals surface area (Å²) < 4.78 is 7.76. The second kappa shape index (κ2) is 8.63. The Morgan fingerprint density at radius 2 is 1.87 bits per heavy atom. The van der Waals surface area contributed by atoms with Crippen molar-refractivity contribution in [3.63, 3.8) is 0 Å². The number of benzene rings is 1. The lowest BCUT2D eigenvalue weighted by Crippen LogP contribution is -2.46. The van der Waals surface area contributed by atoms with E-state index in [-0.39, 0.29) is 11.8 Å². The van der Waals surface area contributed by atoms with Gasteiger partial charge in [-0.05, 0) is 43.9 Å². The van der Waals surface area contributed by atoms with Crippen LogP contribution in [0.5, 0.6) is 5.88 Å². The monoisotopic (exact) mass is 420 g/mol. The van der Waals surface area contributed by atoms with Crippen molar-refractivity contribution in [1.29, 1.82) is 0 Å². The van der Waals surface area contributed by atoms with Gasteiger partial charge in [-0.1, -0.05) is 0 Å². The van der Waals surface area contributed by atoms with Gasteiger partial charge in [0.15, 0.2) is 0 Å². The van der Waals surface area contributed by atoms with E-state index in [9.17, 15) is 4.79 Å². The van der Waals surface area contributed by atoms with E-state index in [1.165, 1.54) is 23.1 Å². The zero-order chi connectivity index (χ0) is 21.2. The van der Waals surface area contributed by atoms with Crippen molar-refractivity contribution in [2.24, 2.45) is 7.05 Å². The van der Waals surface area contributed by atoms with Gasteiger partial charge in [0.05, 0.1) is 10.9 Å². The molecule has 0 N–H and O–H groups in total. The molecule has 0 atom stereocenters. The van der Waals surface area contributed by atoms with Gasteiger partial charge in [0, 0.05) is 63.4 Å². The molecule has 0 spiro atoms. The lowest BCUT2D eigenvalue weighted by Gasteiger charge is -2.36. The summed E-state index contributed by atoms with van der Waals surface area (Å²) in [7, 11) is 1.74. The third kappa shape index (κ3) is 4.39. The number of hydrogen-bond donors (Lipinski definition) is 0. The van der Waals surface area contributed by atoms with E-state index in [1.54, 1.807) is 19.6 Å². The van der Waals surface area contributed by atoms with Gasteiger partial charge < -0.3 is 14.2 Å². The summed E-state index contributed by atoms with van der Waals surface area (Å²) in [4.78, 5) is 29.1. The van der Waals surface area contributed by atoms with Crippen molar-refractivity contribution in [3.05, 3.63) is 53.0 Å². The summed E-state index contributed by atoms with van der Waals surface area (Å²) in [6.07, 6.45) is 10.1. The van der Waals surface area contributed by atoms with Crippen LogP contribution in [0.25, 0.3) is 10.9 Å². The number of fused-ring (bicyclic) bond motifs is 1. The number of rotatable bonds is 5. The number of hydrogen-bond acceptors (Lipinski definition) is 7. The molecule has 1 aliphatic carbocycles. The first kappa shape index (κ1) is 19.9. The molecule has 2 aliphatic rings. The van der Waals surface area contributed by atoms with Gasteiger partial charge in [-0.2, -0.15) is 0 Å². The SMILES string of the molecule is Cn1cc(CN2CCN(c3ccc4ncnc(OC5CCCC5)c4c3)CC2)cnc1=O. The summed E-state index contributed by atoms with van der Waals surface area (Å²) in [5.74, 6) is 0.708. The molecule has 162 valence electrons. The Balaban J connectivity index is 1.27. The molecule has 2 aromatic heterocycles. The van der Waals surface area contributed by atoms with Crippen molar-refractivity contribution in [1.82, 2.24) is 24.4 Å². The fourth-order valence-corrected chi connectivity index (χ4v) is 4.55. The maximum atomic E-state index is 11.5. The highest BCUT2D eigenvalue weighted by Gasteiger charge is 2.21. The molecule has 0 bridgehead atoms. The predicted molar refractivity (Wildman–Crippen MR) is 119 cm³/mol. The van der Waals surface area contributed by atoms with E-state index >= 15 is 0 Å². The van der Waals surface area contributed by atoms with Crippen molar-refractivity contribution in [3.8, 4) is 5.88 Å². The van der Waals surface area contributed by atoms with Gasteiger partial charge in [-0.15, -0.1) is 0 Å². The average Bonchev–Trinajstić information content (AvgIpc) is 3.30. The molecule has 8 heteroatoms. The molecular weight excluding hydrogens is 392 g/mol. The van der Waals surface area contributed by atoms with E-state index in [1.807, 2.05) is 6.20 Å². The summed E-state index contributed by atoms with van der Waals surface area (Å²) in [6, 6.07) is 6.38. The molecule has 0 radical (unpaired) electrons. The van der Waals surface area contributed by atoms with Crippen molar-refractivity contribution >= 4 is 16.6 Å². The number of anilines is 1. The molecular formula is C23H28N6O2. The van der Waals surface area contributed by atoms with Gasteiger partial charge in [-0.25, -0.2) is 19.7 Å². The summed E-state index contributed by atoms with van der Waals surface area (Å²) in [6.45, 7) is 4.60. The molecule has 1 aliphatic heterocycles. The lowest BCUT2D eigenvalue weighted by atomic mass is 10.1. The first-order chi connectivity index (χ1) is 15.2. The Morgan fingerprint density at radius 3 is 2.65 bits per heavy atom. The van der Waals surface area contributed by atoms with Crippen LogP contribution in [0, 0.1) is 0 Å². The Bertz CT molecular complexity index is 1120. The van der Waals surface area contributed by atoms with Crippen LogP contribution in [0.4, 0.5) is 5.69 Å². The van der Waals surface area contributed by atoms with Crippen LogP contribution < -0.4 is 15.3 Å². The minimum Gasteiger partial charge on any atom is -0.474 e. The van der Waals surface area contributed by atoms with Crippen LogP contribution in [0.15, 0.2) is 41.7 Å². The smallest absolute Gasteiger partial charge is 0.347 e. The van der Waals surface area contributed by atoms with Crippen LogP contribution in [-0.2, 0) is 13.6 Å². The van der Waals surface area contributed by atoms with Crippen LogP contribution in [0.3, 0.4) is 0 Å². The summed E-state index contributed by atoms with van der Waals surface area (Å²) in [5.41, 5.74) is 2.95. The molecule has 0 unspecified atom stereocenters. The first-order valence-electron chi connectivity index (χ1n) is 11.1. The highest BCUT2D eigenvalue weighted by molar-refractivity contribution is 5.86. The van der Waals surface area contributed by atoms with E-state index in [2.05, 4.69) is 43.0 Å². The molecule has 31 heavy (non-hydrogen) atoms. The van der Waals surface area contributed by atoms with Crippen LogP contribution >= 0.6 is 0 Å². The van der Waals surface area contributed by atoms with Crippen molar-refractivity contribution in [2.75, 3.05) is 31.1 Å². The quantitative estimate of drug-likeness (QED) is 0.627. The van der Waals surface area contributed by atoms with Crippen LogP contribution in [0.2, 0.25) is 0 Å². The number of aryl methyl sites for hydroxylation is 1. The number of nitrogens with zero attached hydrogens (tertiary/aromatic N) is 6. The fraction of sp³-hybridized carbons (Fsp3) is 0.478. The van der Waals surface area contributed by atoms with E-state index in [0.717, 1.165) is 62.0 Å². The number of ether oxygens (including phenoxy) is 1. The standard InChI is InChI=1S/C23H28N6O2/c1-27-14-17(13-24-23(27)30)15-28-8-10-29(11-9-28)18-6-7-21-20(12-18)22(26-16-25-21)31-19-4-2-3-5-19/h6-7,12-14,16,19H,2-5,8-11,15H2,1H3. The molecule has 3 heterocycles. The molecule has 2 fully saturated rings. The summed E-state index contributed by atoms with van der Waals surface area (Å²) >= 11 is 0. The van der Waals surface area contributed by atoms with Crippen LogP contribution in [-0.4, -0.2) is 56.7 Å². The Labute approximate surface area is 181 Å². The Hall–Kier alpha value is -3.00. The number of aromatic nitrogens is 4. The number of piperazine rings is 1. The predicted octanol–water partition coefficient (Wildman–Crippen LogP) is 2.37. The maximum absolute atomic E-state index is 11.5. The molecule has 5 rings (SSSR count). The van der Waals surface area contributed by atoms with Gasteiger partial charge in [0.1, 0.15) is 12.4 Å². The molecule has 1 saturated heterocycles. The minimum absolute atomic E-state index is 0.217. The largest absolute Gasteiger partial charge is 0.474 e. The normalized spacial score (nSPS) is 18.0. The van der Waals surface area contributed by atoms with E-state index in [0.29, 0.717) is 5.88 Å². The first-order valence-corrected chi connectivity index (χ1v) is 11.1. The highest BCUT2D eigenvalue weighted by atomic mass is 16.5. The third-order valence-electron chi connectivity index (χ3n) is 6.31. The topological polar surface area (TPSA) is 76.4 Å². The summed E-state index contributed by atoms with van der Waals surface area (Å²) in [5, 5.41) is 0.991. The van der Waals surface area contributed by atoms with Crippen molar-refractivity contribution in [2.45, 2.75) is 38.3 Å². The average molecular weight is 421 g/mol. The third-order valence-corrected chi connectivity index (χ3v) is 6.31. The highest BCUT2D eigenvalue weighted by Crippen LogP contribution is 2.30. The molecule has 1 aromatic carbocycles. The van der Waals surface area contributed by atoms with Crippen LogP contribution in [0.1, 0.15) is 31.2 Å². The lowest BCUT2D eigenvalue weighted by molar-refractivity contribution is 0.204. The zero-order valence-electron chi connectivity index (χ0n) is 17.9. The molecule has 8 nitrogen and oxygen atoms in total. The maximum Gasteiger partial charge on any atom is 0.347 e. The Morgan fingerprint density at radius 1 is 1.06 bits per heavy atom. The second-order valence-electron chi connectivity index (χ2n) is 8.52. The molecule has 3 aromatic rings. The Kier molecular flexibility index (Phi) is 5.55. The molecule has 0 amide bonds. The van der Waals surface area contributed by atoms with Gasteiger partial charge in [-0.3, -0.25) is 4.90 Å². The van der Waals surface area contributed by atoms with E-state index in [4.69, 9.17) is 4.74 Å². The van der Waals surface area contributed by atoms with Gasteiger partial charge in [0.25, 0.3) is 0 Å². The van der Waals surface area contributed by atoms with Gasteiger partial charge >= 0.3 is 5.69 Å². The minimum atomic E-state index is -0.217. The zero-order valence-corrected chi connectivity index (χ0v) is 17.9.